The van der Waals surface area contributed by atoms with E-state index in [0.29, 0.717) is 27.8 Å². The molecule has 0 aliphatic rings. The smallest absolute Gasteiger partial charge is 0.262 e. The molecule has 152 valence electrons. The van der Waals surface area contributed by atoms with Crippen LogP contribution in [-0.4, -0.2) is 14.7 Å². The maximum absolute atomic E-state index is 13.8. The van der Waals surface area contributed by atoms with Gasteiger partial charge >= 0.3 is 0 Å². The van der Waals surface area contributed by atoms with E-state index in [1.807, 2.05) is 44.2 Å². The number of hydrogen-bond donors (Lipinski definition) is 0. The van der Waals surface area contributed by atoms with E-state index in [1.165, 1.54) is 22.3 Å². The number of nitrogens with zero attached hydrogens (tertiary/aromatic N) is 3. The summed E-state index contributed by atoms with van der Waals surface area (Å²) in [5.41, 5.74) is 3.93. The number of benzene rings is 3. The van der Waals surface area contributed by atoms with Crippen molar-refractivity contribution < 1.29 is 8.91 Å². The van der Waals surface area contributed by atoms with Gasteiger partial charge in [0.15, 0.2) is 0 Å². The zero-order valence-corrected chi connectivity index (χ0v) is 17.0. The maximum atomic E-state index is 13.8. The molecule has 31 heavy (non-hydrogen) atoms. The molecule has 0 unspecified atom stereocenters. The number of rotatable bonds is 3. The number of aryl methyl sites for hydroxylation is 2. The van der Waals surface area contributed by atoms with Crippen molar-refractivity contribution in [1.29, 1.82) is 0 Å². The standard InChI is InChI=1S/C25H18FN3O2/c1-15-10-11-17(12-16(15)2)23-27-24(31-28-23)22-14-29(19-7-5-6-18(26)13-19)25(30)21-9-4-3-8-20(21)22/h3-14H,1-2H3. The molecule has 6 heteroatoms. The summed E-state index contributed by atoms with van der Waals surface area (Å²) in [7, 11) is 0. The van der Waals surface area contributed by atoms with Gasteiger partial charge in [-0.3, -0.25) is 9.36 Å². The molecule has 0 radical (unpaired) electrons. The second kappa shape index (κ2) is 7.32. The Morgan fingerprint density at radius 3 is 2.48 bits per heavy atom. The summed E-state index contributed by atoms with van der Waals surface area (Å²) >= 11 is 0. The molecule has 3 aromatic carbocycles. The summed E-state index contributed by atoms with van der Waals surface area (Å²) in [4.78, 5) is 17.7. The first-order valence-electron chi connectivity index (χ1n) is 9.83. The van der Waals surface area contributed by atoms with Crippen molar-refractivity contribution in [2.75, 3.05) is 0 Å². The van der Waals surface area contributed by atoms with Gasteiger partial charge in [0.05, 0.1) is 11.3 Å². The van der Waals surface area contributed by atoms with Crippen molar-refractivity contribution in [2.24, 2.45) is 0 Å². The predicted molar refractivity (Wildman–Crippen MR) is 118 cm³/mol. The first-order chi connectivity index (χ1) is 15.0. The third kappa shape index (κ3) is 3.32. The minimum atomic E-state index is -0.422. The Kier molecular flexibility index (Phi) is 4.47. The molecule has 2 heterocycles. The molecule has 0 saturated carbocycles. The highest BCUT2D eigenvalue weighted by Crippen LogP contribution is 2.29. The van der Waals surface area contributed by atoms with Crippen LogP contribution in [0.2, 0.25) is 0 Å². The van der Waals surface area contributed by atoms with Gasteiger partial charge in [-0.15, -0.1) is 0 Å². The number of fused-ring (bicyclic) bond motifs is 1. The molecule has 0 fully saturated rings. The van der Waals surface area contributed by atoms with Crippen LogP contribution in [0.5, 0.6) is 0 Å². The number of pyridine rings is 1. The lowest BCUT2D eigenvalue weighted by Crippen LogP contribution is -2.18. The average molecular weight is 411 g/mol. The zero-order valence-electron chi connectivity index (χ0n) is 17.0. The molecule has 0 spiro atoms. The Morgan fingerprint density at radius 2 is 1.71 bits per heavy atom. The second-order valence-corrected chi connectivity index (χ2v) is 7.47. The van der Waals surface area contributed by atoms with Crippen molar-refractivity contribution in [3.05, 3.63) is 100 Å². The van der Waals surface area contributed by atoms with E-state index in [2.05, 4.69) is 10.1 Å². The second-order valence-electron chi connectivity index (χ2n) is 7.47. The molecular weight excluding hydrogens is 393 g/mol. The summed E-state index contributed by atoms with van der Waals surface area (Å²) in [5, 5.41) is 5.32. The van der Waals surface area contributed by atoms with Crippen LogP contribution in [0.25, 0.3) is 39.3 Å². The van der Waals surface area contributed by atoms with Gasteiger partial charge in [-0.1, -0.05) is 41.6 Å². The van der Waals surface area contributed by atoms with Gasteiger partial charge in [-0.05, 0) is 55.3 Å². The minimum absolute atomic E-state index is 0.251. The SMILES string of the molecule is Cc1ccc(-c2noc(-c3cn(-c4cccc(F)c4)c(=O)c4ccccc34)n2)cc1C. The number of halogens is 1. The highest BCUT2D eigenvalue weighted by molar-refractivity contribution is 5.94. The molecule has 5 aromatic rings. The van der Waals surface area contributed by atoms with E-state index in [-0.39, 0.29) is 11.4 Å². The van der Waals surface area contributed by atoms with Crippen molar-refractivity contribution in [2.45, 2.75) is 13.8 Å². The fourth-order valence-electron chi connectivity index (χ4n) is 3.61. The Balaban J connectivity index is 1.72. The molecule has 0 atom stereocenters. The highest BCUT2D eigenvalue weighted by atomic mass is 19.1. The molecule has 0 amide bonds. The molecule has 0 aliphatic heterocycles. The molecule has 0 aliphatic carbocycles. The Labute approximate surface area is 177 Å². The van der Waals surface area contributed by atoms with Gasteiger partial charge in [-0.2, -0.15) is 4.98 Å². The van der Waals surface area contributed by atoms with Gasteiger partial charge in [-0.25, -0.2) is 4.39 Å². The quantitative estimate of drug-likeness (QED) is 0.395. The van der Waals surface area contributed by atoms with E-state index in [1.54, 1.807) is 30.5 Å². The Morgan fingerprint density at radius 1 is 0.903 bits per heavy atom. The van der Waals surface area contributed by atoms with Crippen LogP contribution in [0.4, 0.5) is 4.39 Å². The Hall–Kier alpha value is -4.06. The van der Waals surface area contributed by atoms with Gasteiger partial charge < -0.3 is 4.52 Å². The minimum Gasteiger partial charge on any atom is -0.334 e. The van der Waals surface area contributed by atoms with E-state index in [0.717, 1.165) is 11.1 Å². The summed E-state index contributed by atoms with van der Waals surface area (Å²) < 4.78 is 20.8. The van der Waals surface area contributed by atoms with Gasteiger partial charge in [0, 0.05) is 22.5 Å². The van der Waals surface area contributed by atoms with Crippen molar-refractivity contribution >= 4 is 10.8 Å². The maximum Gasteiger partial charge on any atom is 0.262 e. The van der Waals surface area contributed by atoms with E-state index in [4.69, 9.17) is 4.52 Å². The lowest BCUT2D eigenvalue weighted by molar-refractivity contribution is 0.432. The third-order valence-electron chi connectivity index (χ3n) is 5.43. The van der Waals surface area contributed by atoms with Crippen molar-refractivity contribution in [1.82, 2.24) is 14.7 Å². The predicted octanol–water partition coefficient (Wildman–Crippen LogP) is 5.46. The highest BCUT2D eigenvalue weighted by Gasteiger charge is 2.17. The van der Waals surface area contributed by atoms with Crippen LogP contribution in [0.1, 0.15) is 11.1 Å². The van der Waals surface area contributed by atoms with Gasteiger partial charge in [0.2, 0.25) is 5.82 Å². The fourth-order valence-corrected chi connectivity index (χ4v) is 3.61. The van der Waals surface area contributed by atoms with E-state index < -0.39 is 5.82 Å². The van der Waals surface area contributed by atoms with Crippen molar-refractivity contribution in [3.63, 3.8) is 0 Å². The average Bonchev–Trinajstić information content (AvgIpc) is 3.26. The molecule has 0 bridgehead atoms. The first-order valence-corrected chi connectivity index (χ1v) is 9.83. The lowest BCUT2D eigenvalue weighted by Gasteiger charge is -2.10. The summed E-state index contributed by atoms with van der Waals surface area (Å²) in [5.74, 6) is 0.328. The van der Waals surface area contributed by atoms with Crippen LogP contribution in [0.3, 0.4) is 0 Å². The first kappa shape index (κ1) is 18.9. The van der Waals surface area contributed by atoms with E-state index in [9.17, 15) is 9.18 Å². The van der Waals surface area contributed by atoms with Crippen LogP contribution in [0, 0.1) is 19.7 Å². The molecule has 5 nitrogen and oxygen atoms in total. The molecule has 5 rings (SSSR count). The summed E-state index contributed by atoms with van der Waals surface area (Å²) in [6, 6.07) is 19.1. The normalized spacial score (nSPS) is 11.2. The fraction of sp³-hybridized carbons (Fsp3) is 0.0800. The Bertz CT molecular complexity index is 1500. The van der Waals surface area contributed by atoms with Crippen LogP contribution >= 0.6 is 0 Å². The molecular formula is C25H18FN3O2. The summed E-state index contributed by atoms with van der Waals surface area (Å²) in [6.07, 6.45) is 1.62. The zero-order chi connectivity index (χ0) is 21.5. The molecule has 0 saturated heterocycles. The van der Waals surface area contributed by atoms with Crippen molar-refractivity contribution in [3.8, 4) is 28.5 Å². The van der Waals surface area contributed by atoms with Gasteiger partial charge in [0.25, 0.3) is 11.4 Å². The lowest BCUT2D eigenvalue weighted by atomic mass is 10.1. The van der Waals surface area contributed by atoms with Gasteiger partial charge in [0.1, 0.15) is 5.82 Å². The number of hydrogen-bond acceptors (Lipinski definition) is 4. The monoisotopic (exact) mass is 411 g/mol. The number of aromatic nitrogens is 3. The van der Waals surface area contributed by atoms with Crippen LogP contribution in [-0.2, 0) is 0 Å². The topological polar surface area (TPSA) is 60.9 Å². The molecule has 0 N–H and O–H groups in total. The molecule has 2 aromatic heterocycles. The van der Waals surface area contributed by atoms with Crippen LogP contribution < -0.4 is 5.56 Å². The summed E-state index contributed by atoms with van der Waals surface area (Å²) in [6.45, 7) is 4.07. The third-order valence-corrected chi connectivity index (χ3v) is 5.43. The van der Waals surface area contributed by atoms with E-state index >= 15 is 0 Å². The largest absolute Gasteiger partial charge is 0.334 e. The van der Waals surface area contributed by atoms with Crippen LogP contribution in [0.15, 0.2) is 82.2 Å².